The number of rotatable bonds is 8. The van der Waals surface area contributed by atoms with Gasteiger partial charge in [-0.3, -0.25) is 9.88 Å². The molecule has 2 atom stereocenters. The van der Waals surface area contributed by atoms with Crippen LogP contribution in [0.3, 0.4) is 0 Å². The van der Waals surface area contributed by atoms with Crippen LogP contribution in [-0.2, 0) is 9.47 Å². The number of methoxy groups -OCH3 is 1. The second-order valence-corrected chi connectivity index (χ2v) is 9.36. The van der Waals surface area contributed by atoms with E-state index < -0.39 is 0 Å². The van der Waals surface area contributed by atoms with Gasteiger partial charge < -0.3 is 24.3 Å². The Morgan fingerprint density at radius 1 is 1.14 bits per heavy atom. The zero-order valence-electron chi connectivity index (χ0n) is 20.4. The summed E-state index contributed by atoms with van der Waals surface area (Å²) >= 11 is 5.85. The van der Waals surface area contributed by atoms with Gasteiger partial charge in [-0.25, -0.2) is 4.79 Å². The fourth-order valence-corrected chi connectivity index (χ4v) is 5.36. The number of carbonyl (C=O) groups is 1. The molecule has 2 fully saturated rings. The number of thiocarbonyl (C=S) groups is 1. The van der Waals surface area contributed by atoms with Crippen molar-refractivity contribution in [2.24, 2.45) is 0 Å². The second kappa shape index (κ2) is 11.2. The lowest BCUT2D eigenvalue weighted by Gasteiger charge is -2.31. The summed E-state index contributed by atoms with van der Waals surface area (Å²) in [6.45, 7) is 5.37. The topological polar surface area (TPSA) is 71.9 Å². The van der Waals surface area contributed by atoms with Gasteiger partial charge in [0, 0.05) is 50.0 Å². The van der Waals surface area contributed by atoms with Crippen LogP contribution >= 0.6 is 12.2 Å². The fraction of sp³-hybridized carbons (Fsp3) is 0.370. The molecule has 0 amide bonds. The quantitative estimate of drug-likeness (QED) is 0.369. The summed E-state index contributed by atoms with van der Waals surface area (Å²) in [4.78, 5) is 21.6. The summed E-state index contributed by atoms with van der Waals surface area (Å²) in [7, 11) is 1.40. The third-order valence-corrected chi connectivity index (χ3v) is 7.16. The molecule has 0 spiro atoms. The lowest BCUT2D eigenvalue weighted by Crippen LogP contribution is -2.39. The van der Waals surface area contributed by atoms with Crippen LogP contribution in [0.2, 0.25) is 0 Å². The Morgan fingerprint density at radius 3 is 2.78 bits per heavy atom. The van der Waals surface area contributed by atoms with Crippen LogP contribution in [-0.4, -0.2) is 76.9 Å². The van der Waals surface area contributed by atoms with Crippen molar-refractivity contribution < 1.29 is 14.3 Å². The molecule has 0 saturated carbocycles. The molecule has 2 aliphatic heterocycles. The van der Waals surface area contributed by atoms with Crippen LogP contribution in [0.15, 0.2) is 67.0 Å². The van der Waals surface area contributed by atoms with Gasteiger partial charge in [0.2, 0.25) is 0 Å². The van der Waals surface area contributed by atoms with Crippen LogP contribution in [0.25, 0.3) is 5.69 Å². The molecule has 1 aromatic carbocycles. The van der Waals surface area contributed by atoms with Crippen molar-refractivity contribution in [1.82, 2.24) is 24.7 Å². The highest BCUT2D eigenvalue weighted by atomic mass is 32.1. The van der Waals surface area contributed by atoms with Crippen molar-refractivity contribution >= 4 is 23.3 Å². The monoisotopic (exact) mass is 505 g/mol. The predicted octanol–water partition coefficient (Wildman–Crippen LogP) is 3.35. The van der Waals surface area contributed by atoms with Gasteiger partial charge in [-0.05, 0) is 61.1 Å². The van der Waals surface area contributed by atoms with Crippen molar-refractivity contribution in [1.29, 1.82) is 0 Å². The van der Waals surface area contributed by atoms with E-state index in [9.17, 15) is 4.79 Å². The third kappa shape index (κ3) is 5.13. The van der Waals surface area contributed by atoms with Crippen LogP contribution in [0.4, 0.5) is 0 Å². The molecule has 2 unspecified atom stereocenters. The highest BCUT2D eigenvalue weighted by molar-refractivity contribution is 7.80. The number of morpholine rings is 1. The molecule has 3 aromatic rings. The van der Waals surface area contributed by atoms with E-state index in [0.717, 1.165) is 68.0 Å². The van der Waals surface area contributed by atoms with E-state index in [4.69, 9.17) is 21.7 Å². The number of esters is 1. The first-order valence-corrected chi connectivity index (χ1v) is 12.7. The average Bonchev–Trinajstić information content (AvgIpc) is 3.54. The fourth-order valence-electron chi connectivity index (χ4n) is 5.03. The molecule has 2 aliphatic rings. The van der Waals surface area contributed by atoms with Crippen molar-refractivity contribution in [2.45, 2.75) is 18.5 Å². The molecule has 5 rings (SSSR count). The van der Waals surface area contributed by atoms with Crippen LogP contribution < -0.4 is 5.32 Å². The molecule has 36 heavy (non-hydrogen) atoms. The number of nitrogens with one attached hydrogen (secondary N) is 1. The molecular weight excluding hydrogens is 474 g/mol. The van der Waals surface area contributed by atoms with Crippen LogP contribution in [0, 0.1) is 0 Å². The van der Waals surface area contributed by atoms with Gasteiger partial charge >= 0.3 is 5.97 Å². The van der Waals surface area contributed by atoms with Gasteiger partial charge in [-0.1, -0.05) is 12.1 Å². The Hall–Kier alpha value is -3.27. The molecule has 2 aromatic heterocycles. The summed E-state index contributed by atoms with van der Waals surface area (Å²) in [6, 6.07) is 17.4. The number of pyridine rings is 1. The maximum absolute atomic E-state index is 12.2. The van der Waals surface area contributed by atoms with Crippen molar-refractivity contribution in [3.63, 3.8) is 0 Å². The highest BCUT2D eigenvalue weighted by Crippen LogP contribution is 2.39. The smallest absolute Gasteiger partial charge is 0.337 e. The normalized spacial score (nSPS) is 20.4. The molecular formula is C27H31N5O3S. The summed E-state index contributed by atoms with van der Waals surface area (Å²) in [5.74, 6) is -0.356. The summed E-state index contributed by atoms with van der Waals surface area (Å²) < 4.78 is 12.5. The Labute approximate surface area is 216 Å². The molecule has 4 heterocycles. The van der Waals surface area contributed by atoms with Gasteiger partial charge in [-0.2, -0.15) is 0 Å². The lowest BCUT2D eigenvalue weighted by atomic mass is 10.0. The summed E-state index contributed by atoms with van der Waals surface area (Å²) in [6.07, 6.45) is 4.83. The minimum atomic E-state index is -0.356. The van der Waals surface area contributed by atoms with E-state index >= 15 is 0 Å². The van der Waals surface area contributed by atoms with Gasteiger partial charge in [0.1, 0.15) is 0 Å². The standard InChI is InChI=1S/C27H31N5O3S/c1-34-26(33)20-7-4-8-21(19-20)31-13-5-10-23(31)25-24(22-9-2-3-11-28-22)29-27(36)32(25)14-6-12-30-15-17-35-18-16-30/h2-5,7-11,13,19,24-25H,6,12,14-18H2,1H3,(H,29,36). The van der Waals surface area contributed by atoms with Crippen LogP contribution in [0.5, 0.6) is 0 Å². The largest absolute Gasteiger partial charge is 0.465 e. The molecule has 0 bridgehead atoms. The van der Waals surface area contributed by atoms with Gasteiger partial charge in [0.25, 0.3) is 0 Å². The number of benzene rings is 1. The molecule has 9 heteroatoms. The van der Waals surface area contributed by atoms with Crippen molar-refractivity contribution in [3.8, 4) is 5.69 Å². The molecule has 0 radical (unpaired) electrons. The first-order valence-electron chi connectivity index (χ1n) is 12.3. The average molecular weight is 506 g/mol. The maximum Gasteiger partial charge on any atom is 0.337 e. The number of carbonyl (C=O) groups excluding carboxylic acids is 1. The number of hydrogen-bond donors (Lipinski definition) is 1. The maximum atomic E-state index is 12.2. The zero-order valence-corrected chi connectivity index (χ0v) is 21.2. The lowest BCUT2D eigenvalue weighted by molar-refractivity contribution is 0.0365. The van der Waals surface area contributed by atoms with E-state index in [2.05, 4.69) is 30.7 Å². The predicted molar refractivity (Wildman–Crippen MR) is 141 cm³/mol. The molecule has 188 valence electrons. The first-order chi connectivity index (χ1) is 17.7. The van der Waals surface area contributed by atoms with E-state index in [1.807, 2.05) is 54.9 Å². The van der Waals surface area contributed by atoms with Crippen molar-refractivity contribution in [2.75, 3.05) is 46.5 Å². The van der Waals surface area contributed by atoms with Gasteiger partial charge in [0.15, 0.2) is 5.11 Å². The Balaban J connectivity index is 1.46. The molecule has 8 nitrogen and oxygen atoms in total. The van der Waals surface area contributed by atoms with Gasteiger partial charge in [0.05, 0.1) is 43.7 Å². The zero-order chi connectivity index (χ0) is 24.9. The van der Waals surface area contributed by atoms with Gasteiger partial charge in [-0.15, -0.1) is 0 Å². The second-order valence-electron chi connectivity index (χ2n) is 8.97. The number of nitrogens with zero attached hydrogens (tertiary/aromatic N) is 4. The first kappa shape index (κ1) is 24.4. The molecule has 2 saturated heterocycles. The number of hydrogen-bond acceptors (Lipinski definition) is 6. The molecule has 1 N–H and O–H groups in total. The minimum absolute atomic E-state index is 0.0612. The highest BCUT2D eigenvalue weighted by Gasteiger charge is 2.41. The van der Waals surface area contributed by atoms with E-state index in [0.29, 0.717) is 5.56 Å². The Bertz CT molecular complexity index is 1190. The SMILES string of the molecule is COC(=O)c1cccc(-n2cccc2C2C(c3ccccn3)NC(=S)N2CCCN2CCOCC2)c1. The van der Waals surface area contributed by atoms with Crippen LogP contribution in [0.1, 0.15) is 40.3 Å². The van der Waals surface area contributed by atoms with E-state index in [1.165, 1.54) is 7.11 Å². The Kier molecular flexibility index (Phi) is 7.60. The van der Waals surface area contributed by atoms with E-state index in [1.54, 1.807) is 6.07 Å². The summed E-state index contributed by atoms with van der Waals surface area (Å²) in [5, 5.41) is 4.27. The number of ether oxygens (including phenoxy) is 2. The van der Waals surface area contributed by atoms with E-state index in [-0.39, 0.29) is 18.1 Å². The summed E-state index contributed by atoms with van der Waals surface area (Å²) in [5.41, 5.74) is 3.42. The molecule has 0 aliphatic carbocycles. The van der Waals surface area contributed by atoms with Crippen molar-refractivity contribution in [3.05, 3.63) is 83.9 Å². The third-order valence-electron chi connectivity index (χ3n) is 6.80. The minimum Gasteiger partial charge on any atom is -0.465 e. The Morgan fingerprint density at radius 2 is 2.00 bits per heavy atom. The number of aromatic nitrogens is 2.